The number of allylic oxidation sites excluding steroid dienone is 1. The largest absolute Gasteiger partial charge is 0.455 e. The summed E-state index contributed by atoms with van der Waals surface area (Å²) in [4.78, 5) is 61.2. The fourth-order valence-corrected chi connectivity index (χ4v) is 9.99. The van der Waals surface area contributed by atoms with E-state index in [9.17, 15) is 14.7 Å². The van der Waals surface area contributed by atoms with Crippen molar-refractivity contribution in [1.82, 2.24) is 10.2 Å². The predicted molar refractivity (Wildman–Crippen MR) is 224 cm³/mol. The highest BCUT2D eigenvalue weighted by atomic mass is 79.9. The van der Waals surface area contributed by atoms with Crippen molar-refractivity contribution >= 4 is 56.1 Å². The Labute approximate surface area is 346 Å². The van der Waals surface area contributed by atoms with Crippen LogP contribution in [0.3, 0.4) is 0 Å². The number of likely N-dealkylation sites (tertiary alicyclic amines) is 1. The average Bonchev–Trinajstić information content (AvgIpc) is 3.84. The fraction of sp³-hybridized carbons (Fsp3) is 0.348. The van der Waals surface area contributed by atoms with Gasteiger partial charge >= 0.3 is 5.97 Å². The lowest BCUT2D eigenvalue weighted by Gasteiger charge is -2.39. The molecule has 9 atom stereocenters. The summed E-state index contributed by atoms with van der Waals surface area (Å²) in [5, 5.41) is 15.9. The highest BCUT2D eigenvalue weighted by Gasteiger charge is 2.78. The molecule has 3 amide bonds. The predicted octanol–water partition coefficient (Wildman–Crippen LogP) is 6.22. The molecule has 3 saturated heterocycles. The molecule has 302 valence electrons. The molecule has 1 spiro atoms. The third-order valence-corrected chi connectivity index (χ3v) is 12.4. The minimum atomic E-state index is -1.47. The Morgan fingerprint density at radius 1 is 0.983 bits per heavy atom. The zero-order chi connectivity index (χ0) is 41.0. The number of hydrogen-bond acceptors (Lipinski definition) is 8. The SMILES string of the molecule is C=CCCC(=O)N[C@@H](COC)[C@@H](OC(=O)[C@H]1[C@@H]2O[C@@]3(CC2Br)[C@@H]1C(=O)N([C@H](CO)c1ccccc1)[C@@H]3C(=O)N(CC=C)c1ccc2ccccc2c1)c1ccccc1. The van der Waals surface area contributed by atoms with E-state index in [1.165, 1.54) is 12.0 Å². The van der Waals surface area contributed by atoms with E-state index in [4.69, 9.17) is 14.2 Å². The van der Waals surface area contributed by atoms with Gasteiger partial charge in [-0.2, -0.15) is 0 Å². The smallest absolute Gasteiger partial charge is 0.313 e. The van der Waals surface area contributed by atoms with E-state index in [0.717, 1.165) is 10.8 Å². The summed E-state index contributed by atoms with van der Waals surface area (Å²) < 4.78 is 18.8. The summed E-state index contributed by atoms with van der Waals surface area (Å²) in [5.41, 5.74) is 0.363. The number of rotatable bonds is 17. The number of nitrogens with one attached hydrogen (secondary N) is 1. The molecule has 0 radical (unpaired) electrons. The number of ether oxygens (including phenoxy) is 3. The van der Waals surface area contributed by atoms with Crippen molar-refractivity contribution < 1.29 is 38.5 Å². The molecule has 3 heterocycles. The number of amides is 3. The average molecular weight is 851 g/mol. The Morgan fingerprint density at radius 3 is 2.31 bits per heavy atom. The second-order valence-corrected chi connectivity index (χ2v) is 16.2. The topological polar surface area (TPSA) is 135 Å². The minimum absolute atomic E-state index is 0.0259. The number of halogens is 1. The molecule has 3 aliphatic heterocycles. The molecule has 4 aromatic rings. The van der Waals surface area contributed by atoms with Crippen LogP contribution >= 0.6 is 15.9 Å². The van der Waals surface area contributed by atoms with E-state index in [-0.39, 0.29) is 31.9 Å². The summed E-state index contributed by atoms with van der Waals surface area (Å²) in [7, 11) is 1.50. The van der Waals surface area contributed by atoms with Crippen LogP contribution in [-0.4, -0.2) is 89.2 Å². The minimum Gasteiger partial charge on any atom is -0.455 e. The molecule has 11 nitrogen and oxygen atoms in total. The van der Waals surface area contributed by atoms with Crippen molar-refractivity contribution in [3.05, 3.63) is 140 Å². The molecule has 58 heavy (non-hydrogen) atoms. The first-order valence-electron chi connectivity index (χ1n) is 19.5. The van der Waals surface area contributed by atoms with Crippen molar-refractivity contribution in [3.8, 4) is 0 Å². The normalized spacial score (nSPS) is 24.8. The Balaban J connectivity index is 1.30. The maximum absolute atomic E-state index is 15.4. The molecule has 3 fully saturated rings. The van der Waals surface area contributed by atoms with Gasteiger partial charge in [0.2, 0.25) is 11.8 Å². The molecule has 0 aliphatic carbocycles. The number of anilines is 1. The van der Waals surface area contributed by atoms with Gasteiger partial charge in [0.15, 0.2) is 0 Å². The molecular formula is C46H48BrN3O8. The maximum Gasteiger partial charge on any atom is 0.313 e. The maximum atomic E-state index is 15.4. The first-order chi connectivity index (χ1) is 28.2. The van der Waals surface area contributed by atoms with Gasteiger partial charge in [0, 0.05) is 30.6 Å². The summed E-state index contributed by atoms with van der Waals surface area (Å²) >= 11 is 3.77. The van der Waals surface area contributed by atoms with E-state index in [0.29, 0.717) is 23.2 Å². The quantitative estimate of drug-likeness (QED) is 0.0727. The molecule has 2 N–H and O–H groups in total. The second-order valence-electron chi connectivity index (χ2n) is 15.0. The van der Waals surface area contributed by atoms with Crippen LogP contribution in [0.4, 0.5) is 5.69 Å². The summed E-state index contributed by atoms with van der Waals surface area (Å²) in [6, 6.07) is 28.7. The lowest BCUT2D eigenvalue weighted by Crippen LogP contribution is -2.57. The number of aliphatic hydroxyl groups excluding tert-OH is 1. The molecule has 7 rings (SSSR count). The number of carbonyl (C=O) groups is 4. The van der Waals surface area contributed by atoms with Crippen LogP contribution in [0.2, 0.25) is 0 Å². The first kappa shape index (κ1) is 41.0. The molecule has 12 heteroatoms. The van der Waals surface area contributed by atoms with Crippen molar-refractivity contribution in [2.45, 2.75) is 60.0 Å². The van der Waals surface area contributed by atoms with Crippen LogP contribution in [0.5, 0.6) is 0 Å². The number of carbonyl (C=O) groups excluding carboxylic acids is 4. The number of methoxy groups -OCH3 is 1. The van der Waals surface area contributed by atoms with E-state index in [1.54, 1.807) is 65.6 Å². The van der Waals surface area contributed by atoms with E-state index < -0.39 is 77.0 Å². The third-order valence-electron chi connectivity index (χ3n) is 11.6. The van der Waals surface area contributed by atoms with E-state index in [2.05, 4.69) is 34.4 Å². The van der Waals surface area contributed by atoms with Gasteiger partial charge in [-0.05, 0) is 46.9 Å². The molecule has 0 saturated carbocycles. The lowest BCUT2D eigenvalue weighted by atomic mass is 9.70. The number of nitrogens with zero attached hydrogens (tertiary/aromatic N) is 2. The van der Waals surface area contributed by atoms with Gasteiger partial charge in [-0.15, -0.1) is 13.2 Å². The van der Waals surface area contributed by atoms with Crippen molar-refractivity contribution in [1.29, 1.82) is 0 Å². The Kier molecular flexibility index (Phi) is 12.6. The van der Waals surface area contributed by atoms with Gasteiger partial charge in [-0.3, -0.25) is 19.2 Å². The van der Waals surface area contributed by atoms with Crippen LogP contribution in [0.15, 0.2) is 128 Å². The molecule has 3 aliphatic rings. The monoisotopic (exact) mass is 849 g/mol. The van der Waals surface area contributed by atoms with Gasteiger partial charge in [-0.25, -0.2) is 0 Å². The van der Waals surface area contributed by atoms with Crippen molar-refractivity contribution in [3.63, 3.8) is 0 Å². The van der Waals surface area contributed by atoms with Crippen LogP contribution in [0.25, 0.3) is 10.8 Å². The number of esters is 1. The van der Waals surface area contributed by atoms with Crippen LogP contribution in [0.1, 0.15) is 42.5 Å². The number of benzene rings is 4. The zero-order valence-electron chi connectivity index (χ0n) is 32.3. The third kappa shape index (κ3) is 7.61. The highest BCUT2D eigenvalue weighted by molar-refractivity contribution is 9.09. The Morgan fingerprint density at radius 2 is 1.66 bits per heavy atom. The van der Waals surface area contributed by atoms with E-state index >= 15 is 9.59 Å². The summed E-state index contributed by atoms with van der Waals surface area (Å²) in [5.74, 6) is -4.18. The summed E-state index contributed by atoms with van der Waals surface area (Å²) in [6.45, 7) is 7.31. The fourth-order valence-electron chi connectivity index (χ4n) is 9.05. The molecule has 4 aromatic carbocycles. The first-order valence-corrected chi connectivity index (χ1v) is 20.4. The van der Waals surface area contributed by atoms with Crippen LogP contribution in [-0.2, 0) is 33.4 Å². The van der Waals surface area contributed by atoms with Gasteiger partial charge in [0.1, 0.15) is 17.7 Å². The zero-order valence-corrected chi connectivity index (χ0v) is 33.9. The lowest BCUT2D eigenvalue weighted by molar-refractivity contribution is -0.163. The molecular weight excluding hydrogens is 802 g/mol. The van der Waals surface area contributed by atoms with Crippen molar-refractivity contribution in [2.24, 2.45) is 11.8 Å². The molecule has 2 bridgehead atoms. The van der Waals surface area contributed by atoms with Gasteiger partial charge < -0.3 is 34.4 Å². The van der Waals surface area contributed by atoms with Crippen LogP contribution < -0.4 is 10.2 Å². The molecule has 0 aromatic heterocycles. The Hall–Kier alpha value is -5.14. The van der Waals surface area contributed by atoms with Gasteiger partial charge in [0.05, 0.1) is 43.2 Å². The van der Waals surface area contributed by atoms with Crippen LogP contribution in [0, 0.1) is 11.8 Å². The van der Waals surface area contributed by atoms with Gasteiger partial charge in [-0.1, -0.05) is 119 Å². The number of fused-ring (bicyclic) bond motifs is 2. The number of aliphatic hydroxyl groups is 1. The van der Waals surface area contributed by atoms with Gasteiger partial charge in [0.25, 0.3) is 5.91 Å². The number of alkyl halides is 1. The van der Waals surface area contributed by atoms with E-state index in [1.807, 2.05) is 54.6 Å². The summed E-state index contributed by atoms with van der Waals surface area (Å²) in [6.07, 6.45) is 2.34. The molecule has 1 unspecified atom stereocenters. The second kappa shape index (κ2) is 17.8. The standard InChI is InChI=1S/C46H48BrN3O8/c1-4-6-21-37(52)48-35(28-56-3)40(31-18-11-8-12-19-31)57-45(55)38-39-43(53)50(36(27-51)30-16-9-7-10-17-30)42(46(39)26-34(47)41(38)58-46)44(54)49(24-5-2)33-23-22-29-15-13-14-20-32(29)25-33/h4-5,7-20,22-23,25,34-36,38-42,51H,1-2,6,21,24,26-28H2,3H3,(H,48,52)/t34?,35-,36+,38+,39-,40-,41+,42+,46-/m0/s1. The highest BCUT2D eigenvalue weighted by Crippen LogP contribution is 2.61. The number of hydrogen-bond donors (Lipinski definition) is 2. The Bertz CT molecular complexity index is 2150. The van der Waals surface area contributed by atoms with Crippen molar-refractivity contribution in [2.75, 3.05) is 31.8 Å².